The Morgan fingerprint density at radius 2 is 1.69 bits per heavy atom. The lowest BCUT2D eigenvalue weighted by molar-refractivity contribution is -0.112. The van der Waals surface area contributed by atoms with E-state index in [1.54, 1.807) is 31.4 Å². The Labute approximate surface area is 205 Å². The Hall–Kier alpha value is -4.56. The van der Waals surface area contributed by atoms with Gasteiger partial charge in [0.05, 0.1) is 7.11 Å². The number of benzene rings is 4. The van der Waals surface area contributed by atoms with E-state index in [1.165, 1.54) is 0 Å². The molecule has 0 saturated heterocycles. The maximum absolute atomic E-state index is 12.7. The summed E-state index contributed by atoms with van der Waals surface area (Å²) in [5.74, 6) is 0.647. The fraction of sp³-hybridized carbons (Fsp3) is 0.133. The molecule has 0 spiro atoms. The molecule has 0 radical (unpaired) electrons. The second kappa shape index (κ2) is 11.0. The molecule has 0 aliphatic heterocycles. The molecular weight excluding hydrogens is 436 g/mol. The topological polar surface area (TPSA) is 71.4 Å². The minimum absolute atomic E-state index is 0.00221. The highest BCUT2D eigenvalue weighted by Gasteiger charge is 2.13. The van der Waals surface area contributed by atoms with Crippen molar-refractivity contribution in [3.8, 4) is 17.6 Å². The quantitative estimate of drug-likeness (QED) is 0.239. The van der Waals surface area contributed by atoms with Crippen molar-refractivity contribution in [2.24, 2.45) is 0 Å². The fourth-order valence-electron chi connectivity index (χ4n) is 3.92. The third kappa shape index (κ3) is 5.51. The van der Waals surface area contributed by atoms with Crippen LogP contribution in [0.5, 0.6) is 11.5 Å². The van der Waals surface area contributed by atoms with E-state index in [4.69, 9.17) is 9.47 Å². The lowest BCUT2D eigenvalue weighted by atomic mass is 10.1. The number of carbonyl (C=O) groups excluding carboxylic acids is 1. The van der Waals surface area contributed by atoms with E-state index >= 15 is 0 Å². The second-order valence-electron chi connectivity index (χ2n) is 7.97. The van der Waals surface area contributed by atoms with Crippen molar-refractivity contribution in [1.82, 2.24) is 0 Å². The van der Waals surface area contributed by atoms with Gasteiger partial charge in [0.15, 0.2) is 11.5 Å². The van der Waals surface area contributed by atoms with Gasteiger partial charge in [0.1, 0.15) is 18.2 Å². The number of para-hydroxylation sites is 1. The van der Waals surface area contributed by atoms with Gasteiger partial charge in [-0.05, 0) is 58.2 Å². The van der Waals surface area contributed by atoms with Gasteiger partial charge in [-0.15, -0.1) is 0 Å². The van der Waals surface area contributed by atoms with Gasteiger partial charge in [-0.25, -0.2) is 0 Å². The van der Waals surface area contributed by atoms with Crippen LogP contribution in [0, 0.1) is 11.3 Å². The highest BCUT2D eigenvalue weighted by atomic mass is 16.5. The van der Waals surface area contributed by atoms with Crippen molar-refractivity contribution in [3.63, 3.8) is 0 Å². The van der Waals surface area contributed by atoms with Crippen LogP contribution in [0.1, 0.15) is 23.6 Å². The van der Waals surface area contributed by atoms with Crippen LogP contribution in [0.2, 0.25) is 0 Å². The van der Waals surface area contributed by atoms with Gasteiger partial charge in [0.25, 0.3) is 5.91 Å². The maximum atomic E-state index is 12.7. The predicted molar refractivity (Wildman–Crippen MR) is 139 cm³/mol. The summed E-state index contributed by atoms with van der Waals surface area (Å²) >= 11 is 0. The number of anilines is 1. The van der Waals surface area contributed by atoms with Gasteiger partial charge < -0.3 is 14.8 Å². The molecule has 174 valence electrons. The van der Waals surface area contributed by atoms with Gasteiger partial charge >= 0.3 is 0 Å². The highest BCUT2D eigenvalue weighted by Crippen LogP contribution is 2.30. The van der Waals surface area contributed by atoms with E-state index in [9.17, 15) is 10.1 Å². The van der Waals surface area contributed by atoms with Crippen molar-refractivity contribution >= 4 is 28.4 Å². The lowest BCUT2D eigenvalue weighted by Gasteiger charge is -2.13. The first kappa shape index (κ1) is 23.6. The van der Waals surface area contributed by atoms with Gasteiger partial charge in [-0.2, -0.15) is 5.26 Å². The summed E-state index contributed by atoms with van der Waals surface area (Å²) in [4.78, 5) is 12.7. The fourth-order valence-corrected chi connectivity index (χ4v) is 3.92. The van der Waals surface area contributed by atoms with Gasteiger partial charge in [-0.1, -0.05) is 73.7 Å². The van der Waals surface area contributed by atoms with Crippen molar-refractivity contribution in [2.75, 3.05) is 12.4 Å². The first-order valence-electron chi connectivity index (χ1n) is 11.4. The Morgan fingerprint density at radius 1 is 0.943 bits per heavy atom. The first-order chi connectivity index (χ1) is 17.1. The number of hydrogen-bond donors (Lipinski definition) is 1. The van der Waals surface area contributed by atoms with Crippen LogP contribution in [0.3, 0.4) is 0 Å². The van der Waals surface area contributed by atoms with Crippen LogP contribution < -0.4 is 14.8 Å². The SMILES string of the molecule is CCc1ccccc1NC(=O)/C(C#N)=C/c1ccc(OCc2cccc3ccccc23)c(OC)c1. The number of ether oxygens (including phenoxy) is 2. The number of aryl methyl sites for hydroxylation is 1. The number of hydrogen-bond acceptors (Lipinski definition) is 4. The van der Waals surface area contributed by atoms with E-state index in [0.29, 0.717) is 29.4 Å². The number of nitrogens with one attached hydrogen (secondary N) is 1. The summed E-state index contributed by atoms with van der Waals surface area (Å²) in [7, 11) is 1.56. The van der Waals surface area contributed by atoms with Crippen LogP contribution in [-0.2, 0) is 17.8 Å². The standard InChI is InChI=1S/C30H26N2O3/c1-3-22-9-5-7-14-27(22)32-30(33)25(19-31)17-21-15-16-28(29(18-21)34-2)35-20-24-12-8-11-23-10-4-6-13-26(23)24/h4-18H,3,20H2,1-2H3,(H,32,33)/b25-17+. The number of amides is 1. The van der Waals surface area contributed by atoms with Crippen molar-refractivity contribution < 1.29 is 14.3 Å². The van der Waals surface area contributed by atoms with Crippen molar-refractivity contribution in [1.29, 1.82) is 5.26 Å². The normalized spacial score (nSPS) is 11.1. The smallest absolute Gasteiger partial charge is 0.266 e. The highest BCUT2D eigenvalue weighted by molar-refractivity contribution is 6.10. The molecule has 4 rings (SSSR count). The molecule has 1 amide bonds. The average Bonchev–Trinajstić information content (AvgIpc) is 2.91. The third-order valence-corrected chi connectivity index (χ3v) is 5.77. The number of nitriles is 1. The molecule has 0 aliphatic rings. The number of carbonyl (C=O) groups is 1. The van der Waals surface area contributed by atoms with Crippen LogP contribution >= 0.6 is 0 Å². The molecule has 0 heterocycles. The molecule has 0 fully saturated rings. The summed E-state index contributed by atoms with van der Waals surface area (Å²) in [5.41, 5.74) is 3.45. The van der Waals surface area contributed by atoms with Gasteiger partial charge in [0, 0.05) is 5.69 Å². The minimum atomic E-state index is -0.455. The van der Waals surface area contributed by atoms with E-state index in [1.807, 2.05) is 61.5 Å². The molecule has 0 saturated carbocycles. The molecule has 0 aliphatic carbocycles. The molecule has 0 unspecified atom stereocenters. The largest absolute Gasteiger partial charge is 0.493 e. The maximum Gasteiger partial charge on any atom is 0.266 e. The van der Waals surface area contributed by atoms with Crippen molar-refractivity contribution in [3.05, 3.63) is 107 Å². The molecule has 0 atom stereocenters. The third-order valence-electron chi connectivity index (χ3n) is 5.77. The second-order valence-corrected chi connectivity index (χ2v) is 7.97. The number of rotatable bonds is 8. The predicted octanol–water partition coefficient (Wildman–Crippen LogP) is 6.54. The molecule has 4 aromatic carbocycles. The molecule has 0 bridgehead atoms. The summed E-state index contributed by atoms with van der Waals surface area (Å²) in [6, 6.07) is 29.2. The van der Waals surface area contributed by atoms with E-state index < -0.39 is 5.91 Å². The number of methoxy groups -OCH3 is 1. The Balaban J connectivity index is 1.52. The molecule has 0 aromatic heterocycles. The zero-order valence-corrected chi connectivity index (χ0v) is 19.7. The summed E-state index contributed by atoms with van der Waals surface area (Å²) < 4.78 is 11.6. The Bertz CT molecular complexity index is 1430. The zero-order valence-electron chi connectivity index (χ0n) is 19.7. The molecule has 1 N–H and O–H groups in total. The van der Waals surface area contributed by atoms with Crippen molar-refractivity contribution in [2.45, 2.75) is 20.0 Å². The van der Waals surface area contributed by atoms with E-state index in [0.717, 1.165) is 28.3 Å². The molecule has 35 heavy (non-hydrogen) atoms. The van der Waals surface area contributed by atoms with E-state index in [2.05, 4.69) is 23.5 Å². The van der Waals surface area contributed by atoms with Crippen LogP contribution in [0.25, 0.3) is 16.8 Å². The lowest BCUT2D eigenvalue weighted by Crippen LogP contribution is -2.14. The number of fused-ring (bicyclic) bond motifs is 1. The minimum Gasteiger partial charge on any atom is -0.493 e. The summed E-state index contributed by atoms with van der Waals surface area (Å²) in [6.45, 7) is 2.40. The zero-order chi connectivity index (χ0) is 24.6. The molecular formula is C30H26N2O3. The average molecular weight is 463 g/mol. The summed E-state index contributed by atoms with van der Waals surface area (Å²) in [6.07, 6.45) is 2.32. The Morgan fingerprint density at radius 3 is 2.49 bits per heavy atom. The van der Waals surface area contributed by atoms with Crippen LogP contribution in [0.15, 0.2) is 90.5 Å². The van der Waals surface area contributed by atoms with Gasteiger partial charge in [-0.3, -0.25) is 4.79 Å². The van der Waals surface area contributed by atoms with Crippen LogP contribution in [0.4, 0.5) is 5.69 Å². The Kier molecular flexibility index (Phi) is 7.44. The molecule has 5 heteroatoms. The van der Waals surface area contributed by atoms with Gasteiger partial charge in [0.2, 0.25) is 0 Å². The van der Waals surface area contributed by atoms with Crippen LogP contribution in [-0.4, -0.2) is 13.0 Å². The first-order valence-corrected chi connectivity index (χ1v) is 11.4. The molecule has 4 aromatic rings. The number of nitrogens with zero attached hydrogens (tertiary/aromatic N) is 1. The monoisotopic (exact) mass is 462 g/mol. The van der Waals surface area contributed by atoms with E-state index in [-0.39, 0.29) is 5.57 Å². The summed E-state index contributed by atoms with van der Waals surface area (Å²) in [5, 5.41) is 14.7. The molecule has 5 nitrogen and oxygen atoms in total.